The summed E-state index contributed by atoms with van der Waals surface area (Å²) in [6.45, 7) is 1.87. The minimum atomic E-state index is 0.346. The molecule has 0 bridgehead atoms. The van der Waals surface area contributed by atoms with Gasteiger partial charge >= 0.3 is 0 Å². The number of nitriles is 1. The third-order valence-corrected chi connectivity index (χ3v) is 2.67. The molecule has 2 aromatic rings. The molecule has 0 radical (unpaired) electrons. The van der Waals surface area contributed by atoms with Crippen LogP contribution in [0.5, 0.6) is 11.6 Å². The van der Waals surface area contributed by atoms with Crippen molar-refractivity contribution >= 4 is 5.69 Å². The molecule has 0 fully saturated rings. The molecule has 4 heteroatoms. The van der Waals surface area contributed by atoms with Gasteiger partial charge in [-0.15, -0.1) is 0 Å². The number of pyridine rings is 1. The highest BCUT2D eigenvalue weighted by atomic mass is 16.5. The zero-order valence-electron chi connectivity index (χ0n) is 11.2. The predicted octanol–water partition coefficient (Wildman–Crippen LogP) is 3.12. The number of hydrogen-bond donors (Lipinski definition) is 0. The Morgan fingerprint density at radius 3 is 2.68 bits per heavy atom. The molecule has 0 saturated carbocycles. The largest absolute Gasteiger partial charge is 0.438 e. The van der Waals surface area contributed by atoms with E-state index in [1.54, 1.807) is 12.1 Å². The molecule has 2 rings (SSSR count). The second kappa shape index (κ2) is 5.40. The molecular formula is C15H15N3O. The van der Waals surface area contributed by atoms with Gasteiger partial charge in [0, 0.05) is 31.5 Å². The van der Waals surface area contributed by atoms with Gasteiger partial charge in [-0.3, -0.25) is 0 Å². The van der Waals surface area contributed by atoms with Gasteiger partial charge in [0.25, 0.3) is 0 Å². The molecule has 0 aliphatic rings. The Morgan fingerprint density at radius 1 is 1.21 bits per heavy atom. The monoisotopic (exact) mass is 253 g/mol. The second-order valence-corrected chi connectivity index (χ2v) is 4.41. The molecule has 4 nitrogen and oxygen atoms in total. The first-order chi connectivity index (χ1) is 9.10. The number of aromatic nitrogens is 1. The number of benzene rings is 1. The summed E-state index contributed by atoms with van der Waals surface area (Å²) in [5.41, 5.74) is 2.28. The summed E-state index contributed by atoms with van der Waals surface area (Å²) >= 11 is 0. The molecule has 1 heterocycles. The van der Waals surface area contributed by atoms with Crippen LogP contribution in [-0.2, 0) is 0 Å². The lowest BCUT2D eigenvalue weighted by Gasteiger charge is -2.14. The smallest absolute Gasteiger partial charge is 0.237 e. The maximum atomic E-state index is 9.05. The SMILES string of the molecule is Cc1ccc(C#N)c(Oc2cccc(N(C)C)c2)n1. The lowest BCUT2D eigenvalue weighted by molar-refractivity contribution is 0.460. The molecule has 0 spiro atoms. The fraction of sp³-hybridized carbons (Fsp3) is 0.200. The van der Waals surface area contributed by atoms with Gasteiger partial charge in [0.1, 0.15) is 17.4 Å². The van der Waals surface area contributed by atoms with Crippen LogP contribution in [0.1, 0.15) is 11.3 Å². The normalized spacial score (nSPS) is 9.79. The van der Waals surface area contributed by atoms with E-state index in [-0.39, 0.29) is 0 Å². The topological polar surface area (TPSA) is 49.1 Å². The van der Waals surface area contributed by atoms with Crippen LogP contribution >= 0.6 is 0 Å². The van der Waals surface area contributed by atoms with Gasteiger partial charge in [0.05, 0.1) is 0 Å². The third kappa shape index (κ3) is 3.02. The Morgan fingerprint density at radius 2 is 2.00 bits per heavy atom. The van der Waals surface area contributed by atoms with Crippen LogP contribution in [0.15, 0.2) is 36.4 Å². The van der Waals surface area contributed by atoms with E-state index in [0.717, 1.165) is 11.4 Å². The molecule has 1 aromatic carbocycles. The lowest BCUT2D eigenvalue weighted by atomic mass is 10.2. The molecule has 0 amide bonds. The summed E-state index contributed by atoms with van der Waals surface area (Å²) in [6.07, 6.45) is 0. The van der Waals surface area contributed by atoms with Crippen molar-refractivity contribution in [3.8, 4) is 17.7 Å². The van der Waals surface area contributed by atoms with E-state index >= 15 is 0 Å². The number of ether oxygens (including phenoxy) is 1. The maximum absolute atomic E-state index is 9.05. The van der Waals surface area contributed by atoms with Gasteiger partial charge in [-0.2, -0.15) is 5.26 Å². The minimum absolute atomic E-state index is 0.346. The van der Waals surface area contributed by atoms with Crippen molar-refractivity contribution in [2.45, 2.75) is 6.92 Å². The van der Waals surface area contributed by atoms with Crippen LogP contribution in [0, 0.1) is 18.3 Å². The zero-order valence-corrected chi connectivity index (χ0v) is 11.2. The molecule has 0 unspecified atom stereocenters. The minimum Gasteiger partial charge on any atom is -0.438 e. The Balaban J connectivity index is 2.33. The Bertz CT molecular complexity index is 630. The molecule has 0 saturated heterocycles. The standard InChI is InChI=1S/C15H15N3O/c1-11-7-8-12(10-16)15(17-11)19-14-6-4-5-13(9-14)18(2)3/h4-9H,1-3H3. The van der Waals surface area contributed by atoms with Gasteiger partial charge < -0.3 is 9.64 Å². The molecule has 19 heavy (non-hydrogen) atoms. The van der Waals surface area contributed by atoms with Crippen molar-refractivity contribution < 1.29 is 4.74 Å². The molecule has 0 aliphatic carbocycles. The van der Waals surface area contributed by atoms with Crippen LogP contribution < -0.4 is 9.64 Å². The number of hydrogen-bond acceptors (Lipinski definition) is 4. The van der Waals surface area contributed by atoms with E-state index in [0.29, 0.717) is 17.2 Å². The van der Waals surface area contributed by atoms with Gasteiger partial charge in [-0.05, 0) is 31.2 Å². The van der Waals surface area contributed by atoms with Crippen molar-refractivity contribution in [2.75, 3.05) is 19.0 Å². The van der Waals surface area contributed by atoms with Crippen LogP contribution in [0.25, 0.3) is 0 Å². The highest BCUT2D eigenvalue weighted by Crippen LogP contribution is 2.26. The van der Waals surface area contributed by atoms with E-state index in [4.69, 9.17) is 10.00 Å². The summed E-state index contributed by atoms with van der Waals surface area (Å²) in [5.74, 6) is 1.01. The van der Waals surface area contributed by atoms with Crippen LogP contribution in [0.4, 0.5) is 5.69 Å². The summed E-state index contributed by atoms with van der Waals surface area (Å²) < 4.78 is 5.71. The van der Waals surface area contributed by atoms with Crippen LogP contribution in [-0.4, -0.2) is 19.1 Å². The van der Waals surface area contributed by atoms with Crippen molar-refractivity contribution in [1.82, 2.24) is 4.98 Å². The van der Waals surface area contributed by atoms with Crippen molar-refractivity contribution in [3.05, 3.63) is 47.7 Å². The first-order valence-electron chi connectivity index (χ1n) is 5.93. The zero-order chi connectivity index (χ0) is 13.8. The highest BCUT2D eigenvalue weighted by Gasteiger charge is 2.07. The van der Waals surface area contributed by atoms with Crippen molar-refractivity contribution in [1.29, 1.82) is 5.26 Å². The Labute approximate surface area is 112 Å². The molecule has 1 aromatic heterocycles. The van der Waals surface area contributed by atoms with Crippen LogP contribution in [0.2, 0.25) is 0 Å². The summed E-state index contributed by atoms with van der Waals surface area (Å²) in [4.78, 5) is 6.24. The second-order valence-electron chi connectivity index (χ2n) is 4.41. The van der Waals surface area contributed by atoms with Gasteiger partial charge in [-0.25, -0.2) is 4.98 Å². The maximum Gasteiger partial charge on any atom is 0.237 e. The van der Waals surface area contributed by atoms with E-state index in [1.807, 2.05) is 50.2 Å². The van der Waals surface area contributed by atoms with Gasteiger partial charge in [0.15, 0.2) is 0 Å². The third-order valence-electron chi connectivity index (χ3n) is 2.67. The van der Waals surface area contributed by atoms with Gasteiger partial charge in [0.2, 0.25) is 5.88 Å². The predicted molar refractivity (Wildman–Crippen MR) is 74.5 cm³/mol. The number of rotatable bonds is 3. The van der Waals surface area contributed by atoms with E-state index in [1.165, 1.54) is 0 Å². The quantitative estimate of drug-likeness (QED) is 0.843. The van der Waals surface area contributed by atoms with E-state index in [2.05, 4.69) is 11.1 Å². The average molecular weight is 253 g/mol. The van der Waals surface area contributed by atoms with Crippen LogP contribution in [0.3, 0.4) is 0 Å². The van der Waals surface area contributed by atoms with Gasteiger partial charge in [-0.1, -0.05) is 6.07 Å². The summed E-state index contributed by atoms with van der Waals surface area (Å²) in [6, 6.07) is 13.2. The molecule has 0 N–H and O–H groups in total. The fourth-order valence-electron chi connectivity index (χ4n) is 1.63. The molecular weight excluding hydrogens is 238 g/mol. The van der Waals surface area contributed by atoms with Crippen molar-refractivity contribution in [2.24, 2.45) is 0 Å². The average Bonchev–Trinajstić information content (AvgIpc) is 2.39. The van der Waals surface area contributed by atoms with Crippen molar-refractivity contribution in [3.63, 3.8) is 0 Å². The Hall–Kier alpha value is -2.54. The van der Waals surface area contributed by atoms with E-state index < -0.39 is 0 Å². The number of anilines is 1. The first-order valence-corrected chi connectivity index (χ1v) is 5.93. The van der Waals surface area contributed by atoms with E-state index in [9.17, 15) is 0 Å². The molecule has 0 aliphatic heterocycles. The first kappa shape index (κ1) is 12.9. The number of nitrogens with zero attached hydrogens (tertiary/aromatic N) is 3. The molecule has 0 atom stereocenters. The summed E-state index contributed by atoms with van der Waals surface area (Å²) in [7, 11) is 3.93. The lowest BCUT2D eigenvalue weighted by Crippen LogP contribution is -2.08. The Kier molecular flexibility index (Phi) is 3.67. The highest BCUT2D eigenvalue weighted by molar-refractivity contribution is 5.51. The summed E-state index contributed by atoms with van der Waals surface area (Å²) in [5, 5.41) is 9.05. The number of aryl methyl sites for hydroxylation is 1. The fourth-order valence-corrected chi connectivity index (χ4v) is 1.63. The molecule has 96 valence electrons.